The zero-order valence-electron chi connectivity index (χ0n) is 14.1. The molecule has 2 aliphatic rings. The number of aromatic nitrogens is 2. The molecular weight excluding hydrogens is 314 g/mol. The monoisotopic (exact) mass is 335 g/mol. The standard InChI is InChI=1S/C19H21N5O/c20-11-16-2-1-3-18(22-16)23-17-10-19(25-13-17)6-9-24(14-19)12-15-4-7-21-8-5-15/h1-5,7-8,17H,6,9-10,12-14H2,(H,22,23)/t17-,19+/m1/s1. The van der Waals surface area contributed by atoms with E-state index in [0.717, 1.165) is 38.3 Å². The molecular formula is C19H21N5O. The summed E-state index contributed by atoms with van der Waals surface area (Å²) in [7, 11) is 0. The quantitative estimate of drug-likeness (QED) is 0.923. The van der Waals surface area contributed by atoms with Gasteiger partial charge in [0, 0.05) is 38.4 Å². The first-order valence-electron chi connectivity index (χ1n) is 8.64. The zero-order chi connectivity index (χ0) is 17.1. The van der Waals surface area contributed by atoms with E-state index in [0.29, 0.717) is 12.3 Å². The van der Waals surface area contributed by atoms with Crippen LogP contribution in [0.2, 0.25) is 0 Å². The van der Waals surface area contributed by atoms with Gasteiger partial charge in [0.2, 0.25) is 0 Å². The van der Waals surface area contributed by atoms with Gasteiger partial charge in [0.15, 0.2) is 0 Å². The van der Waals surface area contributed by atoms with Crippen molar-refractivity contribution >= 4 is 5.82 Å². The molecule has 4 heterocycles. The van der Waals surface area contributed by atoms with Crippen LogP contribution in [0.3, 0.4) is 0 Å². The van der Waals surface area contributed by atoms with Gasteiger partial charge in [-0.15, -0.1) is 0 Å². The Morgan fingerprint density at radius 2 is 2.20 bits per heavy atom. The summed E-state index contributed by atoms with van der Waals surface area (Å²) in [5.74, 6) is 0.747. The minimum atomic E-state index is -0.0580. The van der Waals surface area contributed by atoms with Crippen molar-refractivity contribution in [1.29, 1.82) is 5.26 Å². The molecule has 0 amide bonds. The highest BCUT2D eigenvalue weighted by atomic mass is 16.5. The van der Waals surface area contributed by atoms with Crippen LogP contribution in [-0.2, 0) is 11.3 Å². The number of anilines is 1. The minimum absolute atomic E-state index is 0.0580. The molecule has 2 atom stereocenters. The zero-order valence-corrected chi connectivity index (χ0v) is 14.1. The molecule has 128 valence electrons. The van der Waals surface area contributed by atoms with Crippen LogP contribution in [-0.4, -0.2) is 46.2 Å². The molecule has 1 spiro atoms. The molecule has 0 aromatic carbocycles. The highest BCUT2D eigenvalue weighted by Gasteiger charge is 2.45. The molecule has 0 aliphatic carbocycles. The Bertz CT molecular complexity index is 775. The van der Waals surface area contributed by atoms with Gasteiger partial charge in [-0.05, 0) is 36.2 Å². The Morgan fingerprint density at radius 1 is 1.32 bits per heavy atom. The highest BCUT2D eigenvalue weighted by Crippen LogP contribution is 2.36. The first kappa shape index (κ1) is 16.0. The van der Waals surface area contributed by atoms with Crippen LogP contribution in [0, 0.1) is 11.3 Å². The smallest absolute Gasteiger partial charge is 0.142 e. The van der Waals surface area contributed by atoms with Crippen molar-refractivity contribution in [2.24, 2.45) is 0 Å². The number of rotatable bonds is 4. The van der Waals surface area contributed by atoms with E-state index >= 15 is 0 Å². The second kappa shape index (κ2) is 6.79. The second-order valence-corrected chi connectivity index (χ2v) is 6.88. The van der Waals surface area contributed by atoms with E-state index in [1.54, 1.807) is 6.07 Å². The summed E-state index contributed by atoms with van der Waals surface area (Å²) >= 11 is 0. The van der Waals surface area contributed by atoms with Crippen molar-refractivity contribution in [1.82, 2.24) is 14.9 Å². The highest BCUT2D eigenvalue weighted by molar-refractivity contribution is 5.39. The van der Waals surface area contributed by atoms with Gasteiger partial charge in [-0.2, -0.15) is 5.26 Å². The minimum Gasteiger partial charge on any atom is -0.371 e. The molecule has 0 radical (unpaired) electrons. The Balaban J connectivity index is 1.35. The maximum absolute atomic E-state index is 8.97. The van der Waals surface area contributed by atoms with Crippen LogP contribution in [0.4, 0.5) is 5.82 Å². The molecule has 4 rings (SSSR count). The Hall–Kier alpha value is -2.49. The SMILES string of the molecule is N#Cc1cccc(N[C@H]2CO[C@@]3(CCN(Cc4ccncc4)C3)C2)n1. The van der Waals surface area contributed by atoms with Crippen molar-refractivity contribution < 1.29 is 4.74 Å². The third kappa shape index (κ3) is 3.63. The first-order chi connectivity index (χ1) is 12.2. The topological polar surface area (TPSA) is 74.1 Å². The summed E-state index contributed by atoms with van der Waals surface area (Å²) in [6.07, 6.45) is 5.71. The van der Waals surface area contributed by atoms with Crippen molar-refractivity contribution in [2.75, 3.05) is 25.0 Å². The Morgan fingerprint density at radius 3 is 3.04 bits per heavy atom. The fourth-order valence-electron chi connectivity index (χ4n) is 3.82. The van der Waals surface area contributed by atoms with E-state index < -0.39 is 0 Å². The van der Waals surface area contributed by atoms with Gasteiger partial charge in [0.1, 0.15) is 17.6 Å². The summed E-state index contributed by atoms with van der Waals surface area (Å²) in [6.45, 7) is 3.63. The molecule has 2 saturated heterocycles. The molecule has 2 aliphatic heterocycles. The molecule has 0 unspecified atom stereocenters. The van der Waals surface area contributed by atoms with Crippen molar-refractivity contribution in [3.63, 3.8) is 0 Å². The van der Waals surface area contributed by atoms with Crippen molar-refractivity contribution in [3.8, 4) is 6.07 Å². The van der Waals surface area contributed by atoms with Crippen LogP contribution in [0.15, 0.2) is 42.7 Å². The number of nitrogens with one attached hydrogen (secondary N) is 1. The Kier molecular flexibility index (Phi) is 4.35. The van der Waals surface area contributed by atoms with E-state index in [-0.39, 0.29) is 11.6 Å². The number of nitriles is 1. The number of pyridine rings is 2. The third-order valence-electron chi connectivity index (χ3n) is 4.98. The van der Waals surface area contributed by atoms with Gasteiger partial charge < -0.3 is 10.1 Å². The van der Waals surface area contributed by atoms with Gasteiger partial charge in [-0.1, -0.05) is 6.07 Å². The van der Waals surface area contributed by atoms with Crippen LogP contribution in [0.25, 0.3) is 0 Å². The van der Waals surface area contributed by atoms with Crippen molar-refractivity contribution in [2.45, 2.75) is 31.0 Å². The summed E-state index contributed by atoms with van der Waals surface area (Å²) in [4.78, 5) is 10.8. The summed E-state index contributed by atoms with van der Waals surface area (Å²) in [5.41, 5.74) is 1.66. The van der Waals surface area contributed by atoms with Gasteiger partial charge in [0.25, 0.3) is 0 Å². The van der Waals surface area contributed by atoms with Crippen LogP contribution < -0.4 is 5.32 Å². The lowest BCUT2D eigenvalue weighted by atomic mass is 9.97. The van der Waals surface area contributed by atoms with E-state index in [4.69, 9.17) is 10.00 Å². The molecule has 6 nitrogen and oxygen atoms in total. The van der Waals surface area contributed by atoms with E-state index in [9.17, 15) is 0 Å². The van der Waals surface area contributed by atoms with E-state index in [1.807, 2.05) is 24.5 Å². The van der Waals surface area contributed by atoms with Gasteiger partial charge >= 0.3 is 0 Å². The average Bonchev–Trinajstić information content (AvgIpc) is 3.22. The summed E-state index contributed by atoms with van der Waals surface area (Å²) in [5, 5.41) is 12.4. The second-order valence-electron chi connectivity index (χ2n) is 6.88. The maximum atomic E-state index is 8.97. The van der Waals surface area contributed by atoms with Crippen molar-refractivity contribution in [3.05, 3.63) is 54.0 Å². The molecule has 2 aromatic rings. The first-order valence-corrected chi connectivity index (χ1v) is 8.64. The number of likely N-dealkylation sites (tertiary alicyclic amines) is 1. The molecule has 25 heavy (non-hydrogen) atoms. The normalized spacial score (nSPS) is 26.0. The van der Waals surface area contributed by atoms with Gasteiger partial charge in [-0.25, -0.2) is 4.98 Å². The largest absolute Gasteiger partial charge is 0.371 e. The lowest BCUT2D eigenvalue weighted by Crippen LogP contribution is -2.33. The third-order valence-corrected chi connectivity index (χ3v) is 4.98. The van der Waals surface area contributed by atoms with Gasteiger partial charge in [0.05, 0.1) is 18.2 Å². The molecule has 6 heteroatoms. The summed E-state index contributed by atoms with van der Waals surface area (Å²) in [6, 6.07) is 11.9. The molecule has 2 fully saturated rings. The predicted molar refractivity (Wildman–Crippen MR) is 93.8 cm³/mol. The van der Waals surface area contributed by atoms with E-state index in [1.165, 1.54) is 5.56 Å². The average molecular weight is 335 g/mol. The molecule has 2 aromatic heterocycles. The number of ether oxygens (including phenoxy) is 1. The number of hydrogen-bond acceptors (Lipinski definition) is 6. The lowest BCUT2D eigenvalue weighted by molar-refractivity contribution is 0.0120. The Labute approximate surface area is 147 Å². The molecule has 1 N–H and O–H groups in total. The molecule has 0 bridgehead atoms. The van der Waals surface area contributed by atoms with Crippen LogP contribution in [0.5, 0.6) is 0 Å². The van der Waals surface area contributed by atoms with Gasteiger partial charge in [-0.3, -0.25) is 9.88 Å². The van der Waals surface area contributed by atoms with Crippen LogP contribution >= 0.6 is 0 Å². The maximum Gasteiger partial charge on any atom is 0.142 e. The summed E-state index contributed by atoms with van der Waals surface area (Å²) < 4.78 is 6.20. The number of hydrogen-bond donors (Lipinski definition) is 1. The predicted octanol–water partition coefficient (Wildman–Crippen LogP) is 2.19. The lowest BCUT2D eigenvalue weighted by Gasteiger charge is -2.23. The fourth-order valence-corrected chi connectivity index (χ4v) is 3.82. The fraction of sp³-hybridized carbons (Fsp3) is 0.421. The molecule has 0 saturated carbocycles. The number of nitrogens with zero attached hydrogens (tertiary/aromatic N) is 4. The van der Waals surface area contributed by atoms with Crippen LogP contribution in [0.1, 0.15) is 24.1 Å². The van der Waals surface area contributed by atoms with E-state index in [2.05, 4.69) is 38.4 Å².